The van der Waals surface area contributed by atoms with Gasteiger partial charge < -0.3 is 14.8 Å². The molecule has 4 fully saturated rings. The van der Waals surface area contributed by atoms with Gasteiger partial charge in [-0.25, -0.2) is 0 Å². The van der Waals surface area contributed by atoms with Crippen LogP contribution in [-0.2, 0) is 9.59 Å². The molecule has 6 rings (SSSR count). The number of rotatable bonds is 4. The second-order valence-electron chi connectivity index (χ2n) is 8.38. The molecule has 0 spiro atoms. The van der Waals surface area contributed by atoms with Crippen molar-refractivity contribution in [3.05, 3.63) is 18.2 Å². The van der Waals surface area contributed by atoms with E-state index in [1.165, 1.54) is 19.3 Å². The third kappa shape index (κ3) is 2.52. The van der Waals surface area contributed by atoms with Gasteiger partial charge in [0.2, 0.25) is 0 Å². The topological polar surface area (TPSA) is 64.6 Å². The maximum absolute atomic E-state index is 13.1. The zero-order chi connectivity index (χ0) is 17.0. The van der Waals surface area contributed by atoms with Crippen molar-refractivity contribution in [3.63, 3.8) is 0 Å². The Kier molecular flexibility index (Phi) is 3.34. The van der Waals surface area contributed by atoms with E-state index in [9.17, 15) is 9.59 Å². The summed E-state index contributed by atoms with van der Waals surface area (Å²) in [5.41, 5.74) is 0.389. The highest BCUT2D eigenvalue weighted by atomic mass is 16.5. The lowest BCUT2D eigenvalue weighted by atomic mass is 9.48. The number of fused-ring (bicyclic) bond motifs is 1. The van der Waals surface area contributed by atoms with Crippen LogP contribution < -0.4 is 14.8 Å². The number of amides is 1. The Hall–Kier alpha value is -2.04. The van der Waals surface area contributed by atoms with Crippen molar-refractivity contribution >= 4 is 17.4 Å². The van der Waals surface area contributed by atoms with Crippen molar-refractivity contribution in [2.45, 2.75) is 38.5 Å². The quantitative estimate of drug-likeness (QED) is 0.913. The number of para-hydroxylation sites is 1. The van der Waals surface area contributed by atoms with E-state index in [-0.39, 0.29) is 30.3 Å². The summed E-state index contributed by atoms with van der Waals surface area (Å²) in [6.45, 7) is 0.0984. The van der Waals surface area contributed by atoms with Gasteiger partial charge in [0.05, 0.1) is 0 Å². The largest absolute Gasteiger partial charge is 0.483 e. The number of nitrogens with one attached hydrogen (secondary N) is 1. The lowest BCUT2D eigenvalue weighted by Crippen LogP contribution is -2.51. The molecule has 1 heterocycles. The van der Waals surface area contributed by atoms with Gasteiger partial charge >= 0.3 is 0 Å². The van der Waals surface area contributed by atoms with E-state index in [0.717, 1.165) is 37.0 Å². The van der Waals surface area contributed by atoms with Crippen LogP contribution in [0.4, 0.5) is 5.69 Å². The zero-order valence-electron chi connectivity index (χ0n) is 14.3. The molecule has 1 amide bonds. The highest BCUT2D eigenvalue weighted by Gasteiger charge is 2.54. The van der Waals surface area contributed by atoms with E-state index >= 15 is 0 Å². The predicted molar refractivity (Wildman–Crippen MR) is 91.7 cm³/mol. The number of benzene rings is 1. The number of ether oxygens (including phenoxy) is 2. The number of ketones is 1. The van der Waals surface area contributed by atoms with E-state index in [2.05, 4.69) is 5.32 Å². The Labute approximate surface area is 147 Å². The Morgan fingerprint density at radius 2 is 1.84 bits per heavy atom. The van der Waals surface area contributed by atoms with Crippen LogP contribution in [0.3, 0.4) is 0 Å². The van der Waals surface area contributed by atoms with E-state index in [1.807, 2.05) is 6.07 Å². The van der Waals surface area contributed by atoms with Crippen LogP contribution in [0.2, 0.25) is 0 Å². The van der Waals surface area contributed by atoms with Gasteiger partial charge in [0, 0.05) is 5.41 Å². The first-order valence-corrected chi connectivity index (χ1v) is 9.33. The van der Waals surface area contributed by atoms with Gasteiger partial charge in [-0.3, -0.25) is 9.59 Å². The molecule has 5 nitrogen and oxygen atoms in total. The normalized spacial score (nSPS) is 34.9. The third-order valence-electron chi connectivity index (χ3n) is 6.60. The molecule has 1 N–H and O–H groups in total. The van der Waals surface area contributed by atoms with E-state index in [0.29, 0.717) is 17.2 Å². The lowest BCUT2D eigenvalue weighted by molar-refractivity contribution is -0.145. The van der Waals surface area contributed by atoms with Crippen molar-refractivity contribution in [3.8, 4) is 11.5 Å². The van der Waals surface area contributed by atoms with Crippen molar-refractivity contribution in [1.29, 1.82) is 0 Å². The smallest absolute Gasteiger partial charge is 0.262 e. The minimum atomic E-state index is -0.198. The first-order chi connectivity index (χ1) is 12.1. The molecule has 1 aromatic rings. The number of anilines is 1. The van der Waals surface area contributed by atoms with Gasteiger partial charge in [0.1, 0.15) is 23.8 Å². The number of carbonyl (C=O) groups excluding carboxylic acids is 2. The van der Waals surface area contributed by atoms with Crippen LogP contribution in [0.1, 0.15) is 38.5 Å². The molecule has 4 bridgehead atoms. The lowest BCUT2D eigenvalue weighted by Gasteiger charge is -2.55. The monoisotopic (exact) mass is 341 g/mol. The molecule has 25 heavy (non-hydrogen) atoms. The summed E-state index contributed by atoms with van der Waals surface area (Å²) in [6.07, 6.45) is 7.12. The molecule has 0 atom stereocenters. The molecule has 5 heteroatoms. The second kappa shape index (κ2) is 5.48. The molecule has 132 valence electrons. The molecular weight excluding hydrogens is 318 g/mol. The molecule has 0 radical (unpaired) electrons. The van der Waals surface area contributed by atoms with Crippen LogP contribution in [0.15, 0.2) is 18.2 Å². The van der Waals surface area contributed by atoms with Crippen molar-refractivity contribution < 1.29 is 19.1 Å². The minimum absolute atomic E-state index is 0.0165. The van der Waals surface area contributed by atoms with E-state index in [1.54, 1.807) is 12.1 Å². The molecule has 1 aliphatic heterocycles. The fourth-order valence-electron chi connectivity index (χ4n) is 5.94. The van der Waals surface area contributed by atoms with Crippen LogP contribution in [0.5, 0.6) is 11.5 Å². The standard InChI is InChI=1S/C20H23NO4/c22-17(20-7-12-4-13(8-20)6-14(5-12)9-20)10-24-15-2-1-3-16-19(15)21-18(23)11-25-16/h1-3,12-14H,4-11H2,(H,21,23). The second-order valence-corrected chi connectivity index (χ2v) is 8.38. The van der Waals surface area contributed by atoms with E-state index in [4.69, 9.17) is 9.47 Å². The highest BCUT2D eigenvalue weighted by molar-refractivity contribution is 5.97. The third-order valence-corrected chi connectivity index (χ3v) is 6.60. The summed E-state index contributed by atoms with van der Waals surface area (Å²) in [5, 5.41) is 2.79. The summed E-state index contributed by atoms with van der Waals surface area (Å²) < 4.78 is 11.3. The van der Waals surface area contributed by atoms with Crippen LogP contribution in [0.25, 0.3) is 0 Å². The van der Waals surface area contributed by atoms with Crippen LogP contribution >= 0.6 is 0 Å². The van der Waals surface area contributed by atoms with Gasteiger partial charge in [-0.2, -0.15) is 0 Å². The fraction of sp³-hybridized carbons (Fsp3) is 0.600. The average molecular weight is 341 g/mol. The Balaban J connectivity index is 1.32. The first kappa shape index (κ1) is 15.2. The van der Waals surface area contributed by atoms with Crippen molar-refractivity contribution in [2.24, 2.45) is 23.2 Å². The first-order valence-electron chi connectivity index (χ1n) is 9.33. The minimum Gasteiger partial charge on any atom is -0.483 e. The molecule has 0 saturated heterocycles. The van der Waals surface area contributed by atoms with Gasteiger partial charge in [0.15, 0.2) is 12.4 Å². The van der Waals surface area contributed by atoms with E-state index < -0.39 is 0 Å². The molecule has 1 aromatic carbocycles. The van der Waals surface area contributed by atoms with Gasteiger partial charge in [-0.1, -0.05) is 6.07 Å². The molecule has 4 aliphatic carbocycles. The molecule has 5 aliphatic rings. The number of hydrogen-bond donors (Lipinski definition) is 1. The Morgan fingerprint density at radius 1 is 1.16 bits per heavy atom. The summed E-state index contributed by atoms with van der Waals surface area (Å²) >= 11 is 0. The molecular formula is C20H23NO4. The molecule has 0 aromatic heterocycles. The Morgan fingerprint density at radius 3 is 2.52 bits per heavy atom. The molecule has 0 unspecified atom stereocenters. The van der Waals surface area contributed by atoms with Crippen molar-refractivity contribution in [1.82, 2.24) is 0 Å². The van der Waals surface area contributed by atoms with Crippen molar-refractivity contribution in [2.75, 3.05) is 18.5 Å². The highest BCUT2D eigenvalue weighted by Crippen LogP contribution is 2.60. The summed E-state index contributed by atoms with van der Waals surface area (Å²) in [4.78, 5) is 24.6. The number of carbonyl (C=O) groups is 2. The maximum Gasteiger partial charge on any atom is 0.262 e. The van der Waals surface area contributed by atoms with Crippen LogP contribution in [0, 0.1) is 23.2 Å². The average Bonchev–Trinajstić information content (AvgIpc) is 2.58. The number of hydrogen-bond acceptors (Lipinski definition) is 4. The summed E-state index contributed by atoms with van der Waals surface area (Å²) in [7, 11) is 0. The van der Waals surface area contributed by atoms with Gasteiger partial charge in [0.25, 0.3) is 5.91 Å². The SMILES string of the molecule is O=C1COc2cccc(OCC(=O)C34CC5CC(CC(C5)C3)C4)c2N1. The number of Topliss-reactive ketones (excluding diaryl/α,β-unsaturated/α-hetero) is 1. The summed E-state index contributed by atoms with van der Waals surface area (Å²) in [5.74, 6) is 3.39. The molecule has 4 saturated carbocycles. The Bertz CT molecular complexity index is 706. The van der Waals surface area contributed by atoms with Gasteiger partial charge in [-0.05, 0) is 68.4 Å². The van der Waals surface area contributed by atoms with Gasteiger partial charge in [-0.15, -0.1) is 0 Å². The summed E-state index contributed by atoms with van der Waals surface area (Å²) in [6, 6.07) is 5.39. The maximum atomic E-state index is 13.1. The van der Waals surface area contributed by atoms with Crippen LogP contribution in [-0.4, -0.2) is 24.9 Å². The predicted octanol–water partition coefficient (Wildman–Crippen LogP) is 3.18. The fourth-order valence-corrected chi connectivity index (χ4v) is 5.94. The zero-order valence-corrected chi connectivity index (χ0v) is 14.3.